The van der Waals surface area contributed by atoms with Crippen LogP contribution in [0.5, 0.6) is 0 Å². The monoisotopic (exact) mass is 212 g/mol. The quantitative estimate of drug-likeness (QED) is 0.652. The van der Waals surface area contributed by atoms with Crippen molar-refractivity contribution >= 4 is 17.3 Å². The van der Waals surface area contributed by atoms with Crippen LogP contribution >= 0.6 is 12.2 Å². The highest BCUT2D eigenvalue weighted by Crippen LogP contribution is 2.61. The lowest BCUT2D eigenvalue weighted by atomic mass is 9.45. The number of hydrogen-bond acceptors (Lipinski definition) is 1. The van der Waals surface area contributed by atoms with Gasteiger partial charge in [0.2, 0.25) is 0 Å². The van der Waals surface area contributed by atoms with E-state index in [2.05, 4.69) is 26.1 Å². The van der Waals surface area contributed by atoms with Gasteiger partial charge in [-0.3, -0.25) is 0 Å². The fourth-order valence-electron chi connectivity index (χ4n) is 3.52. The van der Waals surface area contributed by atoms with Gasteiger partial charge in [-0.25, -0.2) is 0 Å². The van der Waals surface area contributed by atoms with Crippen LogP contribution in [-0.2, 0) is 0 Å². The standard InChI is InChI=1S/C11H20N2S/c1-6-8-4-7(11(8,2)3)5-9(6)13-10(12)14/h6-9H,4-5H2,1-3H3,(H3,12,13,14). The Balaban J connectivity index is 2.04. The van der Waals surface area contributed by atoms with Crippen LogP contribution in [0.25, 0.3) is 0 Å². The molecule has 0 aromatic heterocycles. The number of nitrogens with one attached hydrogen (secondary N) is 1. The van der Waals surface area contributed by atoms with Gasteiger partial charge >= 0.3 is 0 Å². The molecule has 0 spiro atoms. The van der Waals surface area contributed by atoms with Gasteiger partial charge in [0.15, 0.2) is 5.11 Å². The maximum Gasteiger partial charge on any atom is 0.163 e. The fourth-order valence-corrected chi connectivity index (χ4v) is 3.67. The van der Waals surface area contributed by atoms with E-state index in [0.717, 1.165) is 11.8 Å². The second-order valence-corrected chi connectivity index (χ2v) is 6.01. The molecule has 0 radical (unpaired) electrons. The Kier molecular flexibility index (Phi) is 2.25. The highest BCUT2D eigenvalue weighted by molar-refractivity contribution is 7.80. The molecule has 0 amide bonds. The van der Waals surface area contributed by atoms with Gasteiger partial charge in [0.25, 0.3) is 0 Å². The van der Waals surface area contributed by atoms with E-state index in [1.165, 1.54) is 12.8 Å². The molecule has 3 fully saturated rings. The van der Waals surface area contributed by atoms with Crippen molar-refractivity contribution in [3.05, 3.63) is 0 Å². The lowest BCUT2D eigenvalue weighted by molar-refractivity contribution is -0.112. The van der Waals surface area contributed by atoms with E-state index < -0.39 is 0 Å². The molecule has 3 heteroatoms. The van der Waals surface area contributed by atoms with E-state index in [1.54, 1.807) is 0 Å². The fraction of sp³-hybridized carbons (Fsp3) is 0.909. The molecule has 3 saturated carbocycles. The first kappa shape index (κ1) is 10.2. The molecule has 2 nitrogen and oxygen atoms in total. The van der Waals surface area contributed by atoms with E-state index in [1.807, 2.05) is 0 Å². The van der Waals surface area contributed by atoms with Crippen molar-refractivity contribution < 1.29 is 0 Å². The summed E-state index contributed by atoms with van der Waals surface area (Å²) in [5.41, 5.74) is 6.08. The number of nitrogens with two attached hydrogens (primary N) is 1. The van der Waals surface area contributed by atoms with Crippen LogP contribution in [-0.4, -0.2) is 11.2 Å². The summed E-state index contributed by atoms with van der Waals surface area (Å²) in [4.78, 5) is 0. The molecule has 4 unspecified atom stereocenters. The third-order valence-corrected chi connectivity index (χ3v) is 4.80. The van der Waals surface area contributed by atoms with Crippen LogP contribution in [0.4, 0.5) is 0 Å². The van der Waals surface area contributed by atoms with Crippen LogP contribution < -0.4 is 11.1 Å². The summed E-state index contributed by atoms with van der Waals surface area (Å²) >= 11 is 4.91. The summed E-state index contributed by atoms with van der Waals surface area (Å²) in [7, 11) is 0. The predicted molar refractivity (Wildman–Crippen MR) is 62.9 cm³/mol. The summed E-state index contributed by atoms with van der Waals surface area (Å²) < 4.78 is 0. The average molecular weight is 212 g/mol. The van der Waals surface area contributed by atoms with Crippen molar-refractivity contribution in [2.45, 2.75) is 39.7 Å². The molecule has 3 aliphatic carbocycles. The van der Waals surface area contributed by atoms with E-state index in [-0.39, 0.29) is 0 Å². The molecule has 0 aliphatic heterocycles. The molecule has 0 heterocycles. The lowest BCUT2D eigenvalue weighted by Gasteiger charge is -2.62. The molecule has 3 aliphatic rings. The summed E-state index contributed by atoms with van der Waals surface area (Å²) in [6.45, 7) is 7.14. The maximum atomic E-state index is 5.53. The number of rotatable bonds is 1. The minimum absolute atomic E-state index is 0.459. The Morgan fingerprint density at radius 3 is 2.50 bits per heavy atom. The van der Waals surface area contributed by atoms with E-state index in [4.69, 9.17) is 18.0 Å². The van der Waals surface area contributed by atoms with Gasteiger partial charge in [-0.15, -0.1) is 0 Å². The molecule has 2 bridgehead atoms. The molecule has 14 heavy (non-hydrogen) atoms. The molecule has 0 saturated heterocycles. The minimum Gasteiger partial charge on any atom is -0.376 e. The normalized spacial score (nSPS) is 43.9. The average Bonchev–Trinajstić information content (AvgIpc) is 2.06. The smallest absolute Gasteiger partial charge is 0.163 e. The van der Waals surface area contributed by atoms with Gasteiger partial charge in [-0.05, 0) is 48.2 Å². The van der Waals surface area contributed by atoms with Crippen molar-refractivity contribution in [2.75, 3.05) is 0 Å². The molecule has 80 valence electrons. The van der Waals surface area contributed by atoms with Gasteiger partial charge in [-0.1, -0.05) is 20.8 Å². The van der Waals surface area contributed by atoms with Crippen molar-refractivity contribution in [3.63, 3.8) is 0 Å². The zero-order valence-electron chi connectivity index (χ0n) is 9.21. The van der Waals surface area contributed by atoms with Crippen LogP contribution in [0, 0.1) is 23.2 Å². The van der Waals surface area contributed by atoms with Crippen LogP contribution in [0.1, 0.15) is 33.6 Å². The van der Waals surface area contributed by atoms with Crippen molar-refractivity contribution in [3.8, 4) is 0 Å². The Morgan fingerprint density at radius 2 is 2.07 bits per heavy atom. The Bertz CT molecular complexity index is 262. The van der Waals surface area contributed by atoms with Gasteiger partial charge in [0, 0.05) is 6.04 Å². The Morgan fingerprint density at radius 1 is 1.43 bits per heavy atom. The van der Waals surface area contributed by atoms with Crippen LogP contribution in [0.15, 0.2) is 0 Å². The summed E-state index contributed by atoms with van der Waals surface area (Å²) in [6, 6.07) is 0.518. The number of thiocarbonyl (C=S) groups is 1. The third kappa shape index (κ3) is 1.33. The zero-order valence-corrected chi connectivity index (χ0v) is 10.0. The minimum atomic E-state index is 0.459. The van der Waals surface area contributed by atoms with E-state index in [0.29, 0.717) is 22.5 Å². The SMILES string of the molecule is CC1C(NC(N)=S)CC2CC1C2(C)C. The van der Waals surface area contributed by atoms with Crippen molar-refractivity contribution in [1.29, 1.82) is 0 Å². The topological polar surface area (TPSA) is 38.0 Å². The first-order valence-electron chi connectivity index (χ1n) is 5.49. The van der Waals surface area contributed by atoms with E-state index >= 15 is 0 Å². The number of fused-ring (bicyclic) bond motifs is 2. The molecule has 0 aromatic carbocycles. The molecule has 0 aromatic rings. The Labute approximate surface area is 91.6 Å². The van der Waals surface area contributed by atoms with Gasteiger partial charge in [-0.2, -0.15) is 0 Å². The second kappa shape index (κ2) is 3.09. The number of hydrogen-bond donors (Lipinski definition) is 2. The molecular formula is C11H20N2S. The maximum absolute atomic E-state index is 5.53. The molecule has 3 N–H and O–H groups in total. The summed E-state index contributed by atoms with van der Waals surface area (Å²) in [5.74, 6) is 2.43. The van der Waals surface area contributed by atoms with Gasteiger partial charge in [0.05, 0.1) is 0 Å². The highest BCUT2D eigenvalue weighted by Gasteiger charge is 2.56. The second-order valence-electron chi connectivity index (χ2n) is 5.57. The van der Waals surface area contributed by atoms with Gasteiger partial charge < -0.3 is 11.1 Å². The predicted octanol–water partition coefficient (Wildman–Crippen LogP) is 1.89. The first-order valence-corrected chi connectivity index (χ1v) is 5.89. The van der Waals surface area contributed by atoms with Gasteiger partial charge in [0.1, 0.15) is 0 Å². The summed E-state index contributed by atoms with van der Waals surface area (Å²) in [6.07, 6.45) is 2.64. The Hall–Kier alpha value is -0.310. The van der Waals surface area contributed by atoms with Crippen molar-refractivity contribution in [1.82, 2.24) is 5.32 Å². The summed E-state index contributed by atoms with van der Waals surface area (Å²) in [5, 5.41) is 3.70. The molecule has 3 rings (SSSR count). The van der Waals surface area contributed by atoms with Crippen LogP contribution in [0.3, 0.4) is 0 Å². The lowest BCUT2D eigenvalue weighted by Crippen LogP contribution is -2.61. The third-order valence-electron chi connectivity index (χ3n) is 4.68. The highest BCUT2D eigenvalue weighted by atomic mass is 32.1. The van der Waals surface area contributed by atoms with E-state index in [9.17, 15) is 0 Å². The largest absolute Gasteiger partial charge is 0.376 e. The zero-order chi connectivity index (χ0) is 10.5. The van der Waals surface area contributed by atoms with Crippen molar-refractivity contribution in [2.24, 2.45) is 28.9 Å². The molecule has 4 atom stereocenters. The first-order chi connectivity index (χ1) is 6.43. The molecular weight excluding hydrogens is 192 g/mol. The van der Waals surface area contributed by atoms with Crippen LogP contribution in [0.2, 0.25) is 0 Å².